The summed E-state index contributed by atoms with van der Waals surface area (Å²) < 4.78 is 1.66. The molecular formula is C17H13NO. The summed E-state index contributed by atoms with van der Waals surface area (Å²) in [7, 11) is 0. The fourth-order valence-corrected chi connectivity index (χ4v) is 2.09. The Morgan fingerprint density at radius 3 is 2.47 bits per heavy atom. The van der Waals surface area contributed by atoms with Crippen molar-refractivity contribution in [2.24, 2.45) is 0 Å². The van der Waals surface area contributed by atoms with Crippen LogP contribution in [0.25, 0.3) is 17.0 Å². The molecule has 3 rings (SSSR count). The van der Waals surface area contributed by atoms with E-state index in [-0.39, 0.29) is 5.91 Å². The summed E-state index contributed by atoms with van der Waals surface area (Å²) in [5, 5.41) is 1.07. The largest absolute Gasteiger partial charge is 0.284 e. The van der Waals surface area contributed by atoms with E-state index >= 15 is 0 Å². The zero-order chi connectivity index (χ0) is 13.1. The van der Waals surface area contributed by atoms with E-state index in [4.69, 9.17) is 0 Å². The summed E-state index contributed by atoms with van der Waals surface area (Å²) in [5.41, 5.74) is 1.96. The van der Waals surface area contributed by atoms with Gasteiger partial charge in [-0.05, 0) is 23.8 Å². The molecule has 19 heavy (non-hydrogen) atoms. The summed E-state index contributed by atoms with van der Waals surface area (Å²) in [6.07, 6.45) is 5.24. The number of para-hydroxylation sites is 1. The van der Waals surface area contributed by atoms with E-state index in [1.165, 1.54) is 0 Å². The Labute approximate surface area is 111 Å². The minimum absolute atomic E-state index is 0.0370. The molecule has 3 aromatic rings. The molecule has 0 aliphatic carbocycles. The van der Waals surface area contributed by atoms with E-state index in [1.54, 1.807) is 10.6 Å². The first kappa shape index (κ1) is 11.5. The third kappa shape index (κ3) is 2.33. The van der Waals surface area contributed by atoms with Gasteiger partial charge in [0.2, 0.25) is 0 Å². The van der Waals surface area contributed by atoms with Gasteiger partial charge in [-0.25, -0.2) is 0 Å². The van der Waals surface area contributed by atoms with Gasteiger partial charge in [-0.2, -0.15) is 0 Å². The van der Waals surface area contributed by atoms with Crippen LogP contribution in [0.3, 0.4) is 0 Å². The number of nitrogens with zero attached hydrogens (tertiary/aromatic N) is 1. The topological polar surface area (TPSA) is 22.0 Å². The van der Waals surface area contributed by atoms with Crippen molar-refractivity contribution >= 4 is 22.9 Å². The summed E-state index contributed by atoms with van der Waals surface area (Å²) in [5.74, 6) is -0.0370. The highest BCUT2D eigenvalue weighted by Crippen LogP contribution is 2.15. The molecule has 0 radical (unpaired) electrons. The quantitative estimate of drug-likeness (QED) is 0.627. The maximum atomic E-state index is 12.2. The highest BCUT2D eigenvalue weighted by atomic mass is 16.1. The van der Waals surface area contributed by atoms with Gasteiger partial charge >= 0.3 is 0 Å². The van der Waals surface area contributed by atoms with Gasteiger partial charge in [0.25, 0.3) is 5.91 Å². The number of fused-ring (bicyclic) bond motifs is 1. The lowest BCUT2D eigenvalue weighted by Gasteiger charge is -1.99. The molecule has 2 nitrogen and oxygen atoms in total. The van der Waals surface area contributed by atoms with Crippen molar-refractivity contribution in [3.05, 3.63) is 78.5 Å². The molecule has 0 unspecified atom stereocenters. The van der Waals surface area contributed by atoms with Gasteiger partial charge in [0.1, 0.15) is 0 Å². The van der Waals surface area contributed by atoms with Gasteiger partial charge in [-0.15, -0.1) is 0 Å². The summed E-state index contributed by atoms with van der Waals surface area (Å²) in [6.45, 7) is 0. The molecule has 0 saturated carbocycles. The van der Waals surface area contributed by atoms with Crippen molar-refractivity contribution < 1.29 is 4.79 Å². The van der Waals surface area contributed by atoms with E-state index in [2.05, 4.69) is 0 Å². The predicted molar refractivity (Wildman–Crippen MR) is 78.0 cm³/mol. The zero-order valence-corrected chi connectivity index (χ0v) is 10.4. The molecule has 0 aliphatic rings. The normalized spacial score (nSPS) is 11.2. The van der Waals surface area contributed by atoms with E-state index in [9.17, 15) is 4.79 Å². The molecule has 0 aliphatic heterocycles. The molecule has 2 heteroatoms. The number of carbonyl (C=O) groups is 1. The molecule has 0 fully saturated rings. The van der Waals surface area contributed by atoms with Gasteiger partial charge in [0.15, 0.2) is 0 Å². The summed E-state index contributed by atoms with van der Waals surface area (Å²) >= 11 is 0. The number of aromatic nitrogens is 1. The Kier molecular flexibility index (Phi) is 2.99. The standard InChI is InChI=1S/C17H13NO/c19-17(11-10-14-6-2-1-3-7-14)18-13-12-15-8-4-5-9-16(15)18/h1-13H/b11-10+. The van der Waals surface area contributed by atoms with Gasteiger partial charge < -0.3 is 0 Å². The van der Waals surface area contributed by atoms with Crippen LogP contribution in [0.5, 0.6) is 0 Å². The second-order valence-corrected chi connectivity index (χ2v) is 4.33. The maximum Gasteiger partial charge on any atom is 0.255 e. The van der Waals surface area contributed by atoms with Crippen LogP contribution in [-0.4, -0.2) is 10.5 Å². The third-order valence-electron chi connectivity index (χ3n) is 3.05. The average molecular weight is 247 g/mol. The highest BCUT2D eigenvalue weighted by molar-refractivity contribution is 6.00. The molecule has 0 N–H and O–H groups in total. The van der Waals surface area contributed by atoms with Crippen molar-refractivity contribution in [1.29, 1.82) is 0 Å². The zero-order valence-electron chi connectivity index (χ0n) is 10.4. The van der Waals surface area contributed by atoms with Crippen LogP contribution in [0.15, 0.2) is 72.9 Å². The first-order valence-corrected chi connectivity index (χ1v) is 6.18. The number of hydrogen-bond acceptors (Lipinski definition) is 1. The second-order valence-electron chi connectivity index (χ2n) is 4.33. The van der Waals surface area contributed by atoms with Crippen molar-refractivity contribution in [1.82, 2.24) is 4.57 Å². The van der Waals surface area contributed by atoms with E-state index < -0.39 is 0 Å². The molecular weight excluding hydrogens is 234 g/mol. The minimum atomic E-state index is -0.0370. The summed E-state index contributed by atoms with van der Waals surface area (Å²) in [6, 6.07) is 19.6. The number of hydrogen-bond donors (Lipinski definition) is 0. The average Bonchev–Trinajstić information content (AvgIpc) is 2.90. The fourth-order valence-electron chi connectivity index (χ4n) is 2.09. The van der Waals surface area contributed by atoms with Crippen LogP contribution in [0.1, 0.15) is 10.4 Å². The molecule has 2 aromatic carbocycles. The lowest BCUT2D eigenvalue weighted by Crippen LogP contribution is -2.04. The van der Waals surface area contributed by atoms with Crippen LogP contribution >= 0.6 is 0 Å². The number of benzene rings is 2. The molecule has 0 saturated heterocycles. The van der Waals surface area contributed by atoms with Crippen LogP contribution in [0.4, 0.5) is 0 Å². The smallest absolute Gasteiger partial charge is 0.255 e. The van der Waals surface area contributed by atoms with Crippen molar-refractivity contribution in [3.63, 3.8) is 0 Å². The number of allylic oxidation sites excluding steroid dienone is 1. The van der Waals surface area contributed by atoms with Crippen LogP contribution in [0, 0.1) is 0 Å². The lowest BCUT2D eigenvalue weighted by atomic mass is 10.2. The number of carbonyl (C=O) groups excluding carboxylic acids is 1. The van der Waals surface area contributed by atoms with E-state index in [0.29, 0.717) is 0 Å². The Hall–Kier alpha value is -2.61. The molecule has 1 heterocycles. The SMILES string of the molecule is O=C(/C=C/c1ccccc1)n1ccc2ccccc21. The molecule has 0 bridgehead atoms. The summed E-state index contributed by atoms with van der Waals surface area (Å²) in [4.78, 5) is 12.2. The Balaban J connectivity index is 1.91. The second kappa shape index (κ2) is 4.94. The van der Waals surface area contributed by atoms with Crippen molar-refractivity contribution in [2.45, 2.75) is 0 Å². The van der Waals surface area contributed by atoms with Gasteiger partial charge in [-0.3, -0.25) is 9.36 Å². The van der Waals surface area contributed by atoms with E-state index in [0.717, 1.165) is 16.5 Å². The first-order valence-electron chi connectivity index (χ1n) is 6.18. The van der Waals surface area contributed by atoms with E-state index in [1.807, 2.05) is 72.9 Å². The third-order valence-corrected chi connectivity index (χ3v) is 3.05. The number of rotatable bonds is 2. The minimum Gasteiger partial charge on any atom is -0.284 e. The Morgan fingerprint density at radius 1 is 0.895 bits per heavy atom. The monoisotopic (exact) mass is 247 g/mol. The fraction of sp³-hybridized carbons (Fsp3) is 0. The molecule has 0 amide bonds. The van der Waals surface area contributed by atoms with Crippen LogP contribution in [0.2, 0.25) is 0 Å². The predicted octanol–water partition coefficient (Wildman–Crippen LogP) is 3.99. The molecule has 1 aromatic heterocycles. The molecule has 92 valence electrons. The Morgan fingerprint density at radius 2 is 1.63 bits per heavy atom. The van der Waals surface area contributed by atoms with Crippen LogP contribution in [-0.2, 0) is 0 Å². The van der Waals surface area contributed by atoms with Gasteiger partial charge in [0, 0.05) is 17.7 Å². The van der Waals surface area contributed by atoms with Crippen LogP contribution < -0.4 is 0 Å². The van der Waals surface area contributed by atoms with Crippen molar-refractivity contribution in [3.8, 4) is 0 Å². The van der Waals surface area contributed by atoms with Crippen molar-refractivity contribution in [2.75, 3.05) is 0 Å². The van der Waals surface area contributed by atoms with Gasteiger partial charge in [-0.1, -0.05) is 48.5 Å². The Bertz CT molecular complexity index is 738. The maximum absolute atomic E-state index is 12.2. The van der Waals surface area contributed by atoms with Gasteiger partial charge in [0.05, 0.1) is 5.52 Å². The first-order chi connectivity index (χ1) is 9.34. The molecule has 0 spiro atoms. The highest BCUT2D eigenvalue weighted by Gasteiger charge is 2.04. The lowest BCUT2D eigenvalue weighted by molar-refractivity contribution is 0.0975. The molecule has 0 atom stereocenters.